The molecule has 9 heteroatoms. The molecule has 2 N–H and O–H groups in total. The first-order valence-electron chi connectivity index (χ1n) is 10.6. The molecule has 1 unspecified atom stereocenters. The van der Waals surface area contributed by atoms with E-state index in [4.69, 9.17) is 9.84 Å². The van der Waals surface area contributed by atoms with Crippen molar-refractivity contribution < 1.29 is 19.1 Å². The number of piperazine rings is 1. The van der Waals surface area contributed by atoms with Crippen LogP contribution < -0.4 is 10.6 Å². The number of anilines is 1. The van der Waals surface area contributed by atoms with Crippen LogP contribution in [0.4, 0.5) is 5.82 Å². The van der Waals surface area contributed by atoms with Gasteiger partial charge in [-0.15, -0.1) is 0 Å². The molecule has 1 fully saturated rings. The second-order valence-electron chi connectivity index (χ2n) is 7.63. The lowest BCUT2D eigenvalue weighted by atomic mass is 10.1. The van der Waals surface area contributed by atoms with E-state index >= 15 is 0 Å². The SMILES string of the molecule is COC(=O)CC1C(=O)NCCN1CC(=O)Nc1cc(-c2ccccc2)nn1-c1ccccc1. The first-order valence-corrected chi connectivity index (χ1v) is 10.6. The van der Waals surface area contributed by atoms with Gasteiger partial charge < -0.3 is 15.4 Å². The van der Waals surface area contributed by atoms with Gasteiger partial charge in [0.1, 0.15) is 11.9 Å². The Kier molecular flexibility index (Phi) is 6.80. The van der Waals surface area contributed by atoms with E-state index < -0.39 is 12.0 Å². The van der Waals surface area contributed by atoms with Gasteiger partial charge in [0.25, 0.3) is 0 Å². The van der Waals surface area contributed by atoms with E-state index in [0.717, 1.165) is 16.9 Å². The summed E-state index contributed by atoms with van der Waals surface area (Å²) in [5.41, 5.74) is 2.44. The highest BCUT2D eigenvalue weighted by atomic mass is 16.5. The number of nitrogens with one attached hydrogen (secondary N) is 2. The van der Waals surface area contributed by atoms with Crippen molar-refractivity contribution >= 4 is 23.6 Å². The number of rotatable bonds is 7. The molecule has 4 rings (SSSR count). The van der Waals surface area contributed by atoms with E-state index in [9.17, 15) is 14.4 Å². The summed E-state index contributed by atoms with van der Waals surface area (Å²) in [4.78, 5) is 38.7. The van der Waals surface area contributed by atoms with E-state index in [2.05, 4.69) is 10.6 Å². The van der Waals surface area contributed by atoms with Crippen molar-refractivity contribution in [2.24, 2.45) is 0 Å². The average molecular weight is 447 g/mol. The Morgan fingerprint density at radius 1 is 1.12 bits per heavy atom. The standard InChI is InChI=1S/C24H25N5O4/c1-33-23(31)15-20-24(32)25-12-13-28(20)16-22(30)26-21-14-19(17-8-4-2-5-9-17)27-29(21)18-10-6-3-7-11-18/h2-11,14,20H,12-13,15-16H2,1H3,(H,25,32)(H,26,30). The van der Waals surface area contributed by atoms with Crippen LogP contribution in [-0.4, -0.2) is 65.2 Å². The molecule has 33 heavy (non-hydrogen) atoms. The number of hydrogen-bond donors (Lipinski definition) is 2. The van der Waals surface area contributed by atoms with Crippen molar-refractivity contribution in [2.75, 3.05) is 32.1 Å². The summed E-state index contributed by atoms with van der Waals surface area (Å²) in [6, 6.07) is 20.3. The maximum atomic E-state index is 13.0. The lowest BCUT2D eigenvalue weighted by molar-refractivity contribution is -0.146. The van der Waals surface area contributed by atoms with Crippen LogP contribution in [-0.2, 0) is 19.1 Å². The molecule has 3 aromatic rings. The second-order valence-corrected chi connectivity index (χ2v) is 7.63. The van der Waals surface area contributed by atoms with Crippen molar-refractivity contribution in [3.05, 3.63) is 66.7 Å². The molecular formula is C24H25N5O4. The van der Waals surface area contributed by atoms with Gasteiger partial charge in [0.2, 0.25) is 11.8 Å². The number of carbonyl (C=O) groups excluding carboxylic acids is 3. The van der Waals surface area contributed by atoms with E-state index in [-0.39, 0.29) is 24.8 Å². The highest BCUT2D eigenvalue weighted by Crippen LogP contribution is 2.25. The number of ether oxygens (including phenoxy) is 1. The summed E-state index contributed by atoms with van der Waals surface area (Å²) >= 11 is 0. The molecule has 170 valence electrons. The topological polar surface area (TPSA) is 106 Å². The summed E-state index contributed by atoms with van der Waals surface area (Å²) in [6.45, 7) is 0.813. The van der Waals surface area contributed by atoms with Gasteiger partial charge in [0.15, 0.2) is 0 Å². The van der Waals surface area contributed by atoms with Gasteiger partial charge in [0, 0.05) is 24.7 Å². The molecule has 9 nitrogen and oxygen atoms in total. The predicted octanol–water partition coefficient (Wildman–Crippen LogP) is 1.84. The molecule has 0 saturated carbocycles. The Hall–Kier alpha value is -3.98. The molecule has 0 aliphatic carbocycles. The molecule has 1 aliphatic heterocycles. The summed E-state index contributed by atoms with van der Waals surface area (Å²) in [5.74, 6) is -0.593. The lowest BCUT2D eigenvalue weighted by Gasteiger charge is -2.33. The maximum Gasteiger partial charge on any atom is 0.307 e. The fourth-order valence-electron chi connectivity index (χ4n) is 3.77. The van der Waals surface area contributed by atoms with Crippen LogP contribution in [0, 0.1) is 0 Å². The van der Waals surface area contributed by atoms with E-state index in [1.807, 2.05) is 66.7 Å². The zero-order valence-electron chi connectivity index (χ0n) is 18.2. The molecule has 1 saturated heterocycles. The van der Waals surface area contributed by atoms with E-state index in [0.29, 0.717) is 18.9 Å². The summed E-state index contributed by atoms with van der Waals surface area (Å²) in [5, 5.41) is 10.3. The summed E-state index contributed by atoms with van der Waals surface area (Å²) in [7, 11) is 1.27. The van der Waals surface area contributed by atoms with E-state index in [1.54, 1.807) is 9.58 Å². The van der Waals surface area contributed by atoms with Gasteiger partial charge in [-0.1, -0.05) is 48.5 Å². The second kappa shape index (κ2) is 10.1. The molecule has 1 atom stereocenters. The van der Waals surface area contributed by atoms with Crippen LogP contribution in [0.3, 0.4) is 0 Å². The van der Waals surface area contributed by atoms with Crippen LogP contribution in [0.25, 0.3) is 16.9 Å². The smallest absolute Gasteiger partial charge is 0.307 e. The minimum atomic E-state index is -0.754. The van der Waals surface area contributed by atoms with Crippen molar-refractivity contribution in [3.63, 3.8) is 0 Å². The molecule has 0 radical (unpaired) electrons. The summed E-state index contributed by atoms with van der Waals surface area (Å²) in [6.07, 6.45) is -0.115. The minimum Gasteiger partial charge on any atom is -0.469 e. The number of carbonyl (C=O) groups is 3. The Morgan fingerprint density at radius 3 is 2.52 bits per heavy atom. The normalized spacial score (nSPS) is 16.2. The molecule has 1 aromatic heterocycles. The third-order valence-corrected chi connectivity index (χ3v) is 5.42. The number of para-hydroxylation sites is 1. The van der Waals surface area contributed by atoms with Crippen molar-refractivity contribution in [1.82, 2.24) is 20.0 Å². The van der Waals surface area contributed by atoms with Gasteiger partial charge >= 0.3 is 5.97 Å². The van der Waals surface area contributed by atoms with Gasteiger partial charge in [-0.05, 0) is 12.1 Å². The zero-order chi connectivity index (χ0) is 23.2. The quantitative estimate of drug-likeness (QED) is 0.536. The maximum absolute atomic E-state index is 13.0. The largest absolute Gasteiger partial charge is 0.469 e. The van der Waals surface area contributed by atoms with E-state index in [1.165, 1.54) is 7.11 Å². The van der Waals surface area contributed by atoms with Crippen LogP contribution in [0.15, 0.2) is 66.7 Å². The Morgan fingerprint density at radius 2 is 1.82 bits per heavy atom. The van der Waals surface area contributed by atoms with Gasteiger partial charge in [0.05, 0.1) is 31.5 Å². The van der Waals surface area contributed by atoms with Crippen LogP contribution in [0.2, 0.25) is 0 Å². The lowest BCUT2D eigenvalue weighted by Crippen LogP contribution is -2.57. The molecule has 2 amide bonds. The number of methoxy groups -OCH3 is 1. The van der Waals surface area contributed by atoms with Crippen LogP contribution in [0.5, 0.6) is 0 Å². The van der Waals surface area contributed by atoms with Crippen molar-refractivity contribution in [3.8, 4) is 16.9 Å². The van der Waals surface area contributed by atoms with Crippen molar-refractivity contribution in [1.29, 1.82) is 0 Å². The Labute approximate surface area is 191 Å². The third kappa shape index (κ3) is 5.27. The Balaban J connectivity index is 1.56. The highest BCUT2D eigenvalue weighted by molar-refractivity contribution is 5.94. The number of esters is 1. The molecular weight excluding hydrogens is 422 g/mol. The third-order valence-electron chi connectivity index (χ3n) is 5.42. The fraction of sp³-hybridized carbons (Fsp3) is 0.250. The molecule has 0 bridgehead atoms. The van der Waals surface area contributed by atoms with Gasteiger partial charge in [-0.25, -0.2) is 4.68 Å². The fourth-order valence-corrected chi connectivity index (χ4v) is 3.77. The van der Waals surface area contributed by atoms with Crippen LogP contribution in [0.1, 0.15) is 6.42 Å². The zero-order valence-corrected chi connectivity index (χ0v) is 18.2. The van der Waals surface area contributed by atoms with Gasteiger partial charge in [-0.2, -0.15) is 5.10 Å². The average Bonchev–Trinajstić information content (AvgIpc) is 3.26. The summed E-state index contributed by atoms with van der Waals surface area (Å²) < 4.78 is 6.38. The monoisotopic (exact) mass is 447 g/mol. The number of benzene rings is 2. The molecule has 2 aromatic carbocycles. The number of nitrogens with zero attached hydrogens (tertiary/aromatic N) is 3. The Bertz CT molecular complexity index is 1130. The number of amides is 2. The molecule has 2 heterocycles. The number of hydrogen-bond acceptors (Lipinski definition) is 6. The minimum absolute atomic E-state index is 0.0459. The van der Waals surface area contributed by atoms with Crippen molar-refractivity contribution in [2.45, 2.75) is 12.5 Å². The molecule has 0 spiro atoms. The van der Waals surface area contributed by atoms with Gasteiger partial charge in [-0.3, -0.25) is 19.3 Å². The number of aromatic nitrogens is 2. The first kappa shape index (κ1) is 22.2. The highest BCUT2D eigenvalue weighted by Gasteiger charge is 2.33. The predicted molar refractivity (Wildman–Crippen MR) is 123 cm³/mol. The first-order chi connectivity index (χ1) is 16.0. The molecule has 1 aliphatic rings. The van der Waals surface area contributed by atoms with Crippen LogP contribution >= 0.6 is 0 Å².